The Balaban J connectivity index is 0.00000169. The van der Waals surface area contributed by atoms with E-state index >= 15 is 0 Å². The molecule has 14 heavy (non-hydrogen) atoms. The molecule has 0 heterocycles. The number of nitrogens with zero attached hydrogens (tertiary/aromatic N) is 1. The molecule has 4 nitrogen and oxygen atoms in total. The van der Waals surface area contributed by atoms with E-state index in [0.29, 0.717) is 0 Å². The molecular formula is C9H20IN3O. The molecule has 0 aromatic heterocycles. The van der Waals surface area contributed by atoms with E-state index in [9.17, 15) is 0 Å². The van der Waals surface area contributed by atoms with Crippen LogP contribution in [-0.2, 0) is 4.74 Å². The number of guanidine groups is 1. The molecule has 0 spiro atoms. The van der Waals surface area contributed by atoms with E-state index in [-0.39, 0.29) is 24.0 Å². The summed E-state index contributed by atoms with van der Waals surface area (Å²) in [5.41, 5.74) is 0. The quantitative estimate of drug-likeness (QED) is 0.342. The van der Waals surface area contributed by atoms with Crippen LogP contribution in [0.4, 0.5) is 0 Å². The van der Waals surface area contributed by atoms with Crippen molar-refractivity contribution in [2.45, 2.75) is 12.8 Å². The van der Waals surface area contributed by atoms with E-state index in [0.717, 1.165) is 31.6 Å². The molecule has 5 heteroatoms. The molecule has 1 aliphatic rings. The monoisotopic (exact) mass is 313 g/mol. The molecular weight excluding hydrogens is 293 g/mol. The molecule has 0 atom stereocenters. The first-order valence-corrected chi connectivity index (χ1v) is 4.83. The normalized spacial score (nSPS) is 16.0. The van der Waals surface area contributed by atoms with Crippen molar-refractivity contribution in [3.8, 4) is 0 Å². The maximum Gasteiger partial charge on any atom is 0.190 e. The Bertz CT molecular complexity index is 171. The maximum absolute atomic E-state index is 5.45. The number of hydrogen-bond donors (Lipinski definition) is 2. The van der Waals surface area contributed by atoms with Crippen LogP contribution in [0.25, 0.3) is 0 Å². The van der Waals surface area contributed by atoms with E-state index < -0.39 is 0 Å². The third kappa shape index (κ3) is 6.42. The minimum Gasteiger partial charge on any atom is -0.379 e. The fourth-order valence-electron chi connectivity index (χ4n) is 1.06. The summed E-state index contributed by atoms with van der Waals surface area (Å²) in [4.78, 5) is 3.99. The van der Waals surface area contributed by atoms with E-state index in [2.05, 4.69) is 15.6 Å². The van der Waals surface area contributed by atoms with Gasteiger partial charge in [0.15, 0.2) is 5.96 Å². The molecule has 0 unspecified atom stereocenters. The van der Waals surface area contributed by atoms with Crippen LogP contribution in [0.2, 0.25) is 0 Å². The zero-order valence-corrected chi connectivity index (χ0v) is 11.2. The number of halogens is 1. The first-order valence-electron chi connectivity index (χ1n) is 4.83. The molecule has 0 aliphatic heterocycles. The van der Waals surface area contributed by atoms with Crippen LogP contribution in [0.3, 0.4) is 0 Å². The number of nitrogens with one attached hydrogen (secondary N) is 2. The molecule has 84 valence electrons. The summed E-state index contributed by atoms with van der Waals surface area (Å²) in [6.45, 7) is 2.51. The summed E-state index contributed by atoms with van der Waals surface area (Å²) in [5, 5.41) is 6.07. The SMILES string of the molecule is CN=C(NC)NCCOCC1CC1.I. The van der Waals surface area contributed by atoms with Crippen LogP contribution < -0.4 is 10.6 Å². The second-order valence-electron chi connectivity index (χ2n) is 3.27. The van der Waals surface area contributed by atoms with Crippen molar-refractivity contribution < 1.29 is 4.74 Å². The van der Waals surface area contributed by atoms with Crippen molar-refractivity contribution in [3.63, 3.8) is 0 Å². The molecule has 0 bridgehead atoms. The van der Waals surface area contributed by atoms with Crippen molar-refractivity contribution in [1.29, 1.82) is 0 Å². The van der Waals surface area contributed by atoms with Gasteiger partial charge in [0.2, 0.25) is 0 Å². The third-order valence-corrected chi connectivity index (χ3v) is 2.05. The van der Waals surface area contributed by atoms with Crippen molar-refractivity contribution >= 4 is 29.9 Å². The predicted molar refractivity (Wildman–Crippen MR) is 69.4 cm³/mol. The average Bonchev–Trinajstić information content (AvgIpc) is 2.95. The fourth-order valence-corrected chi connectivity index (χ4v) is 1.06. The molecule has 1 rings (SSSR count). The van der Waals surface area contributed by atoms with Crippen molar-refractivity contribution in [1.82, 2.24) is 10.6 Å². The summed E-state index contributed by atoms with van der Waals surface area (Å²) in [6.07, 6.45) is 2.71. The molecule has 0 aromatic carbocycles. The second kappa shape index (κ2) is 8.28. The Morgan fingerprint density at radius 1 is 1.50 bits per heavy atom. The summed E-state index contributed by atoms with van der Waals surface area (Å²) >= 11 is 0. The van der Waals surface area contributed by atoms with Crippen LogP contribution in [0.15, 0.2) is 4.99 Å². The van der Waals surface area contributed by atoms with Crippen LogP contribution in [0.5, 0.6) is 0 Å². The Kier molecular flexibility index (Phi) is 8.26. The van der Waals surface area contributed by atoms with E-state index in [1.54, 1.807) is 7.05 Å². The first kappa shape index (κ1) is 14.0. The van der Waals surface area contributed by atoms with Crippen LogP contribution in [0.1, 0.15) is 12.8 Å². The predicted octanol–water partition coefficient (Wildman–Crippen LogP) is 0.826. The van der Waals surface area contributed by atoms with Gasteiger partial charge in [-0.05, 0) is 18.8 Å². The van der Waals surface area contributed by atoms with Crippen molar-refractivity contribution in [2.75, 3.05) is 33.9 Å². The molecule has 2 N–H and O–H groups in total. The molecule has 0 saturated heterocycles. The van der Waals surface area contributed by atoms with Crippen LogP contribution >= 0.6 is 24.0 Å². The summed E-state index contributed by atoms with van der Waals surface area (Å²) < 4.78 is 5.45. The minimum atomic E-state index is 0. The zero-order valence-electron chi connectivity index (χ0n) is 8.88. The summed E-state index contributed by atoms with van der Waals surface area (Å²) in [5.74, 6) is 1.67. The Hall–Kier alpha value is -0.0400. The number of hydrogen-bond acceptors (Lipinski definition) is 2. The lowest BCUT2D eigenvalue weighted by Gasteiger charge is -2.08. The fraction of sp³-hybridized carbons (Fsp3) is 0.889. The smallest absolute Gasteiger partial charge is 0.190 e. The summed E-state index contributed by atoms with van der Waals surface area (Å²) in [6, 6.07) is 0. The standard InChI is InChI=1S/C9H19N3O.HI/c1-10-9(11-2)12-5-6-13-7-8-3-4-8;/h8H,3-7H2,1-2H3,(H2,10,11,12);1H. The van der Waals surface area contributed by atoms with Gasteiger partial charge in [-0.2, -0.15) is 0 Å². The Morgan fingerprint density at radius 2 is 2.21 bits per heavy atom. The average molecular weight is 313 g/mol. The van der Waals surface area contributed by atoms with Gasteiger partial charge >= 0.3 is 0 Å². The highest BCUT2D eigenvalue weighted by Crippen LogP contribution is 2.28. The highest BCUT2D eigenvalue weighted by atomic mass is 127. The van der Waals surface area contributed by atoms with Gasteiger partial charge in [0.25, 0.3) is 0 Å². The second-order valence-corrected chi connectivity index (χ2v) is 3.27. The largest absolute Gasteiger partial charge is 0.379 e. The molecule has 1 fully saturated rings. The van der Waals surface area contributed by atoms with Gasteiger partial charge in [-0.15, -0.1) is 24.0 Å². The molecule has 0 radical (unpaired) electrons. The van der Waals surface area contributed by atoms with Crippen molar-refractivity contribution in [3.05, 3.63) is 0 Å². The van der Waals surface area contributed by atoms with Gasteiger partial charge < -0.3 is 15.4 Å². The maximum atomic E-state index is 5.45. The minimum absolute atomic E-state index is 0. The highest BCUT2D eigenvalue weighted by molar-refractivity contribution is 14.0. The van der Waals surface area contributed by atoms with Crippen molar-refractivity contribution in [2.24, 2.45) is 10.9 Å². The van der Waals surface area contributed by atoms with Gasteiger partial charge in [-0.1, -0.05) is 0 Å². The van der Waals surface area contributed by atoms with Gasteiger partial charge in [0.1, 0.15) is 0 Å². The van der Waals surface area contributed by atoms with Gasteiger partial charge in [0.05, 0.1) is 6.61 Å². The highest BCUT2D eigenvalue weighted by Gasteiger charge is 2.20. The Labute approximate surface area is 103 Å². The molecule has 0 aromatic rings. The summed E-state index contributed by atoms with van der Waals surface area (Å²) in [7, 11) is 3.60. The lowest BCUT2D eigenvalue weighted by Crippen LogP contribution is -2.36. The van der Waals surface area contributed by atoms with Gasteiger partial charge in [-0.3, -0.25) is 4.99 Å². The van der Waals surface area contributed by atoms with E-state index in [1.807, 2.05) is 7.05 Å². The third-order valence-electron chi connectivity index (χ3n) is 2.05. The molecule has 1 saturated carbocycles. The Morgan fingerprint density at radius 3 is 2.71 bits per heavy atom. The van der Waals surface area contributed by atoms with Crippen LogP contribution in [-0.4, -0.2) is 39.8 Å². The number of aliphatic imine (C=N–C) groups is 1. The topological polar surface area (TPSA) is 45.7 Å². The van der Waals surface area contributed by atoms with E-state index in [1.165, 1.54) is 12.8 Å². The van der Waals surface area contributed by atoms with Crippen LogP contribution in [0, 0.1) is 5.92 Å². The zero-order chi connectivity index (χ0) is 9.52. The number of rotatable bonds is 5. The number of ether oxygens (including phenoxy) is 1. The lowest BCUT2D eigenvalue weighted by atomic mass is 10.5. The first-order chi connectivity index (χ1) is 6.36. The lowest BCUT2D eigenvalue weighted by molar-refractivity contribution is 0.129. The van der Waals surface area contributed by atoms with Gasteiger partial charge in [0, 0.05) is 27.2 Å². The molecule has 0 amide bonds. The molecule has 1 aliphatic carbocycles. The van der Waals surface area contributed by atoms with E-state index in [4.69, 9.17) is 4.74 Å². The van der Waals surface area contributed by atoms with Gasteiger partial charge in [-0.25, -0.2) is 0 Å².